The van der Waals surface area contributed by atoms with Crippen LogP contribution in [-0.2, 0) is 4.79 Å². The highest BCUT2D eigenvalue weighted by Gasteiger charge is 2.34. The average Bonchev–Trinajstić information content (AvgIpc) is 3.07. The molecule has 3 N–H and O–H groups in total. The molecule has 0 aromatic rings. The van der Waals surface area contributed by atoms with Crippen molar-refractivity contribution in [3.05, 3.63) is 0 Å². The zero-order valence-electron chi connectivity index (χ0n) is 10.7. The fraction of sp³-hybridized carbons (Fsp3) is 0.923. The Labute approximate surface area is 104 Å². The van der Waals surface area contributed by atoms with Gasteiger partial charge in [-0.3, -0.25) is 4.79 Å². The van der Waals surface area contributed by atoms with Crippen LogP contribution in [0.4, 0.5) is 0 Å². The summed E-state index contributed by atoms with van der Waals surface area (Å²) in [6, 6.07) is 0.875. The summed E-state index contributed by atoms with van der Waals surface area (Å²) in [6.07, 6.45) is 6.53. The van der Waals surface area contributed by atoms with Crippen molar-refractivity contribution in [1.82, 2.24) is 10.2 Å². The van der Waals surface area contributed by atoms with Gasteiger partial charge in [0.15, 0.2) is 0 Å². The molecule has 1 unspecified atom stereocenters. The Morgan fingerprint density at radius 3 is 2.82 bits per heavy atom. The molecule has 1 aliphatic carbocycles. The molecule has 17 heavy (non-hydrogen) atoms. The molecule has 1 aliphatic heterocycles. The Bertz CT molecular complexity index is 253. The summed E-state index contributed by atoms with van der Waals surface area (Å²) in [7, 11) is 0. The predicted molar refractivity (Wildman–Crippen MR) is 68.6 cm³/mol. The largest absolute Gasteiger partial charge is 0.356 e. The molecule has 2 aliphatic rings. The first kappa shape index (κ1) is 12.8. The Kier molecular flexibility index (Phi) is 4.80. The van der Waals surface area contributed by atoms with Gasteiger partial charge in [0, 0.05) is 25.6 Å². The summed E-state index contributed by atoms with van der Waals surface area (Å²) in [5.41, 5.74) is 5.40. The zero-order chi connectivity index (χ0) is 12.1. The summed E-state index contributed by atoms with van der Waals surface area (Å²) in [5.74, 6) is 0.873. The van der Waals surface area contributed by atoms with Gasteiger partial charge in [-0.15, -0.1) is 0 Å². The van der Waals surface area contributed by atoms with Crippen LogP contribution in [0.5, 0.6) is 0 Å². The molecule has 0 aromatic heterocycles. The van der Waals surface area contributed by atoms with E-state index in [-0.39, 0.29) is 5.91 Å². The number of nitrogens with two attached hydrogens (primary N) is 1. The van der Waals surface area contributed by atoms with E-state index in [1.54, 1.807) is 0 Å². The zero-order valence-corrected chi connectivity index (χ0v) is 10.7. The average molecular weight is 239 g/mol. The third kappa shape index (κ3) is 4.28. The van der Waals surface area contributed by atoms with E-state index in [1.165, 1.54) is 32.4 Å². The summed E-state index contributed by atoms with van der Waals surface area (Å²) < 4.78 is 0. The molecule has 4 heteroatoms. The Hall–Kier alpha value is -0.610. The van der Waals surface area contributed by atoms with Crippen molar-refractivity contribution < 1.29 is 4.79 Å². The molecule has 0 aromatic carbocycles. The van der Waals surface area contributed by atoms with E-state index in [4.69, 9.17) is 5.73 Å². The van der Waals surface area contributed by atoms with Gasteiger partial charge in [0.2, 0.25) is 5.91 Å². The highest BCUT2D eigenvalue weighted by Crippen LogP contribution is 2.31. The first-order valence-electron chi connectivity index (χ1n) is 7.00. The first-order chi connectivity index (χ1) is 8.29. The van der Waals surface area contributed by atoms with Crippen LogP contribution in [0.25, 0.3) is 0 Å². The number of nitrogens with zero attached hydrogens (tertiary/aromatic N) is 1. The molecule has 1 amide bonds. The Morgan fingerprint density at radius 2 is 2.12 bits per heavy atom. The van der Waals surface area contributed by atoms with Crippen LogP contribution < -0.4 is 11.1 Å². The van der Waals surface area contributed by atoms with Gasteiger partial charge in [-0.2, -0.15) is 0 Å². The lowest BCUT2D eigenvalue weighted by Gasteiger charge is -2.15. The van der Waals surface area contributed by atoms with E-state index < -0.39 is 0 Å². The second-order valence-electron chi connectivity index (χ2n) is 5.43. The molecule has 1 heterocycles. The molecular formula is C13H25N3O. The highest BCUT2D eigenvalue weighted by atomic mass is 16.1. The third-order valence-corrected chi connectivity index (χ3v) is 3.83. The van der Waals surface area contributed by atoms with Crippen molar-refractivity contribution in [3.8, 4) is 0 Å². The number of nitrogens with one attached hydrogen (secondary N) is 1. The summed E-state index contributed by atoms with van der Waals surface area (Å²) in [5, 5.41) is 3.06. The second kappa shape index (κ2) is 6.36. The summed E-state index contributed by atoms with van der Waals surface area (Å²) >= 11 is 0. The Balaban J connectivity index is 1.54. The van der Waals surface area contributed by atoms with E-state index in [9.17, 15) is 4.79 Å². The molecule has 2 fully saturated rings. The molecule has 4 nitrogen and oxygen atoms in total. The van der Waals surface area contributed by atoms with Gasteiger partial charge in [-0.05, 0) is 51.1 Å². The lowest BCUT2D eigenvalue weighted by Crippen LogP contribution is -2.31. The molecule has 0 spiro atoms. The number of carbonyl (C=O) groups is 1. The van der Waals surface area contributed by atoms with E-state index in [2.05, 4.69) is 10.2 Å². The number of hydrogen-bond acceptors (Lipinski definition) is 3. The smallest absolute Gasteiger partial charge is 0.220 e. The standard InChI is InChI=1S/C13H25N3O/c14-7-2-1-3-13(17)15-9-11-6-8-16(10-11)12-4-5-12/h11-12H,1-10,14H2,(H,15,17). The quantitative estimate of drug-likeness (QED) is 0.644. The molecular weight excluding hydrogens is 214 g/mol. The van der Waals surface area contributed by atoms with Gasteiger partial charge >= 0.3 is 0 Å². The maximum atomic E-state index is 11.5. The van der Waals surface area contributed by atoms with Gasteiger partial charge in [0.05, 0.1) is 0 Å². The summed E-state index contributed by atoms with van der Waals surface area (Å²) in [4.78, 5) is 14.1. The van der Waals surface area contributed by atoms with Gasteiger partial charge in [0.25, 0.3) is 0 Å². The van der Waals surface area contributed by atoms with E-state index in [1.807, 2.05) is 0 Å². The van der Waals surface area contributed by atoms with Crippen LogP contribution in [0.2, 0.25) is 0 Å². The molecule has 0 radical (unpaired) electrons. The van der Waals surface area contributed by atoms with Gasteiger partial charge in [-0.1, -0.05) is 0 Å². The molecule has 1 saturated heterocycles. The highest BCUT2D eigenvalue weighted by molar-refractivity contribution is 5.75. The van der Waals surface area contributed by atoms with Crippen molar-refractivity contribution in [2.45, 2.75) is 44.6 Å². The maximum absolute atomic E-state index is 11.5. The number of amides is 1. The van der Waals surface area contributed by atoms with Crippen LogP contribution >= 0.6 is 0 Å². The van der Waals surface area contributed by atoms with Crippen LogP contribution in [0, 0.1) is 5.92 Å². The SMILES string of the molecule is NCCCCC(=O)NCC1CCN(C2CC2)C1. The van der Waals surface area contributed by atoms with E-state index in [0.29, 0.717) is 18.9 Å². The number of carbonyl (C=O) groups excluding carboxylic acids is 1. The van der Waals surface area contributed by atoms with Crippen LogP contribution in [0.1, 0.15) is 38.5 Å². The number of rotatable bonds is 7. The van der Waals surface area contributed by atoms with Crippen molar-refractivity contribution in [1.29, 1.82) is 0 Å². The maximum Gasteiger partial charge on any atom is 0.220 e. The molecule has 0 bridgehead atoms. The number of unbranched alkanes of at least 4 members (excludes halogenated alkanes) is 1. The summed E-state index contributed by atoms with van der Waals surface area (Å²) in [6.45, 7) is 3.98. The minimum Gasteiger partial charge on any atom is -0.356 e. The van der Waals surface area contributed by atoms with Crippen LogP contribution in [0.3, 0.4) is 0 Å². The van der Waals surface area contributed by atoms with Crippen molar-refractivity contribution in [3.63, 3.8) is 0 Å². The lowest BCUT2D eigenvalue weighted by molar-refractivity contribution is -0.121. The molecule has 2 rings (SSSR count). The second-order valence-corrected chi connectivity index (χ2v) is 5.43. The van der Waals surface area contributed by atoms with Crippen LogP contribution in [0.15, 0.2) is 0 Å². The van der Waals surface area contributed by atoms with Crippen molar-refractivity contribution in [2.24, 2.45) is 11.7 Å². The first-order valence-corrected chi connectivity index (χ1v) is 7.00. The molecule has 98 valence electrons. The van der Waals surface area contributed by atoms with Gasteiger partial charge in [-0.25, -0.2) is 0 Å². The molecule has 1 saturated carbocycles. The normalized spacial score (nSPS) is 25.1. The number of hydrogen-bond donors (Lipinski definition) is 2. The fourth-order valence-electron chi connectivity index (χ4n) is 2.58. The Morgan fingerprint density at radius 1 is 1.29 bits per heavy atom. The van der Waals surface area contributed by atoms with Crippen molar-refractivity contribution in [2.75, 3.05) is 26.2 Å². The van der Waals surface area contributed by atoms with Crippen molar-refractivity contribution >= 4 is 5.91 Å². The van der Waals surface area contributed by atoms with Crippen LogP contribution in [-0.4, -0.2) is 43.0 Å². The van der Waals surface area contributed by atoms with Gasteiger partial charge in [0.1, 0.15) is 0 Å². The van der Waals surface area contributed by atoms with E-state index in [0.717, 1.165) is 25.4 Å². The molecule has 1 atom stereocenters. The van der Waals surface area contributed by atoms with Gasteiger partial charge < -0.3 is 16.0 Å². The van der Waals surface area contributed by atoms with E-state index >= 15 is 0 Å². The minimum atomic E-state index is 0.198. The fourth-order valence-corrected chi connectivity index (χ4v) is 2.58. The lowest BCUT2D eigenvalue weighted by atomic mass is 10.1. The number of likely N-dealkylation sites (tertiary alicyclic amines) is 1. The minimum absolute atomic E-state index is 0.198. The topological polar surface area (TPSA) is 58.4 Å². The predicted octanol–water partition coefficient (Wildman–Crippen LogP) is 0.716. The monoisotopic (exact) mass is 239 g/mol. The third-order valence-electron chi connectivity index (χ3n) is 3.83.